The van der Waals surface area contributed by atoms with Crippen molar-refractivity contribution < 1.29 is 9.90 Å². The van der Waals surface area contributed by atoms with Crippen molar-refractivity contribution in [2.24, 2.45) is 5.92 Å². The number of pyridine rings is 1. The number of rotatable bonds is 3. The van der Waals surface area contributed by atoms with Gasteiger partial charge in [-0.2, -0.15) is 0 Å². The minimum absolute atomic E-state index is 0.0575. The normalized spacial score (nSPS) is 26.0. The average molecular weight is 331 g/mol. The Hall–Kier alpha value is -1.62. The maximum atomic E-state index is 12.6. The van der Waals surface area contributed by atoms with Crippen molar-refractivity contribution in [3.63, 3.8) is 0 Å². The molecule has 0 spiro atoms. The van der Waals surface area contributed by atoms with Gasteiger partial charge in [0.1, 0.15) is 5.82 Å². The first-order valence-corrected chi connectivity index (χ1v) is 9.29. The van der Waals surface area contributed by atoms with Crippen molar-refractivity contribution in [3.8, 4) is 0 Å². The van der Waals surface area contributed by atoms with Crippen LogP contribution in [0.15, 0.2) is 18.3 Å². The van der Waals surface area contributed by atoms with Crippen LogP contribution < -0.4 is 10.2 Å². The summed E-state index contributed by atoms with van der Waals surface area (Å²) in [4.78, 5) is 19.3. The first-order chi connectivity index (χ1) is 11.6. The second-order valence-corrected chi connectivity index (χ2v) is 7.28. The van der Waals surface area contributed by atoms with Crippen LogP contribution in [0.4, 0.5) is 5.82 Å². The molecule has 2 N–H and O–H groups in total. The van der Waals surface area contributed by atoms with E-state index in [0.717, 1.165) is 69.4 Å². The maximum Gasteiger partial charge on any atom is 0.223 e. The van der Waals surface area contributed by atoms with E-state index in [0.29, 0.717) is 0 Å². The lowest BCUT2D eigenvalue weighted by molar-refractivity contribution is -0.127. The van der Waals surface area contributed by atoms with Crippen LogP contribution in [0.3, 0.4) is 0 Å². The molecule has 5 heteroatoms. The van der Waals surface area contributed by atoms with E-state index >= 15 is 0 Å². The summed E-state index contributed by atoms with van der Waals surface area (Å²) in [5, 5.41) is 13.3. The van der Waals surface area contributed by atoms with Gasteiger partial charge < -0.3 is 15.3 Å². The highest BCUT2D eigenvalue weighted by molar-refractivity contribution is 5.79. The van der Waals surface area contributed by atoms with Crippen LogP contribution in [0.5, 0.6) is 0 Å². The number of aliphatic hydroxyl groups excluding tert-OH is 1. The smallest absolute Gasteiger partial charge is 0.223 e. The van der Waals surface area contributed by atoms with Crippen LogP contribution in [0.2, 0.25) is 0 Å². The van der Waals surface area contributed by atoms with E-state index in [1.54, 1.807) is 0 Å². The zero-order chi connectivity index (χ0) is 16.9. The highest BCUT2D eigenvalue weighted by Crippen LogP contribution is 2.23. The molecule has 2 heterocycles. The molecule has 1 saturated heterocycles. The third-order valence-electron chi connectivity index (χ3n) is 5.39. The molecule has 1 aromatic rings. The van der Waals surface area contributed by atoms with E-state index in [4.69, 9.17) is 0 Å². The number of carbonyl (C=O) groups excluding carboxylic acids is 1. The second-order valence-electron chi connectivity index (χ2n) is 7.28. The number of hydrogen-bond acceptors (Lipinski definition) is 4. The number of nitrogens with zero attached hydrogens (tertiary/aromatic N) is 2. The zero-order valence-electron chi connectivity index (χ0n) is 14.6. The number of nitrogens with one attached hydrogen (secondary N) is 1. The van der Waals surface area contributed by atoms with Crippen molar-refractivity contribution in [2.75, 3.05) is 18.0 Å². The number of aromatic nitrogens is 1. The molecule has 2 fully saturated rings. The molecule has 1 aromatic heterocycles. The van der Waals surface area contributed by atoms with E-state index in [1.807, 2.05) is 13.1 Å². The molecule has 3 rings (SSSR count). The van der Waals surface area contributed by atoms with Gasteiger partial charge in [0, 0.05) is 25.2 Å². The fourth-order valence-electron chi connectivity index (χ4n) is 3.77. The summed E-state index contributed by atoms with van der Waals surface area (Å²) in [7, 11) is 0. The van der Waals surface area contributed by atoms with Gasteiger partial charge in [-0.25, -0.2) is 4.98 Å². The minimum Gasteiger partial charge on any atom is -0.391 e. The summed E-state index contributed by atoms with van der Waals surface area (Å²) >= 11 is 0. The largest absolute Gasteiger partial charge is 0.391 e. The zero-order valence-corrected chi connectivity index (χ0v) is 14.6. The average Bonchev–Trinajstić information content (AvgIpc) is 2.80. The Bertz CT molecular complexity index is 538. The molecule has 0 unspecified atom stereocenters. The van der Waals surface area contributed by atoms with Gasteiger partial charge in [0.25, 0.3) is 0 Å². The summed E-state index contributed by atoms with van der Waals surface area (Å²) in [6.07, 6.45) is 8.24. The van der Waals surface area contributed by atoms with Crippen LogP contribution in [0.1, 0.15) is 50.5 Å². The van der Waals surface area contributed by atoms with Crippen LogP contribution in [0, 0.1) is 12.8 Å². The van der Waals surface area contributed by atoms with Gasteiger partial charge in [-0.05, 0) is 44.2 Å². The molecule has 1 amide bonds. The molecule has 24 heavy (non-hydrogen) atoms. The predicted octanol–water partition coefficient (Wildman–Crippen LogP) is 2.42. The fourth-order valence-corrected chi connectivity index (χ4v) is 3.77. The quantitative estimate of drug-likeness (QED) is 0.835. The molecule has 132 valence electrons. The second kappa shape index (κ2) is 7.97. The van der Waals surface area contributed by atoms with Gasteiger partial charge in [0.2, 0.25) is 5.91 Å². The number of anilines is 1. The molecule has 2 atom stereocenters. The Labute approximate surface area is 144 Å². The van der Waals surface area contributed by atoms with Gasteiger partial charge >= 0.3 is 0 Å². The van der Waals surface area contributed by atoms with E-state index < -0.39 is 0 Å². The van der Waals surface area contributed by atoms with E-state index in [9.17, 15) is 9.90 Å². The summed E-state index contributed by atoms with van der Waals surface area (Å²) in [5.74, 6) is 1.18. The number of hydrogen-bond donors (Lipinski definition) is 2. The molecular weight excluding hydrogens is 302 g/mol. The third-order valence-corrected chi connectivity index (χ3v) is 5.39. The van der Waals surface area contributed by atoms with E-state index in [1.165, 1.54) is 0 Å². The molecule has 1 aliphatic heterocycles. The van der Waals surface area contributed by atoms with Crippen molar-refractivity contribution >= 4 is 11.7 Å². The molecule has 0 aromatic carbocycles. The summed E-state index contributed by atoms with van der Waals surface area (Å²) in [6.45, 7) is 3.76. The summed E-state index contributed by atoms with van der Waals surface area (Å²) in [5.41, 5.74) is 1.16. The lowest BCUT2D eigenvalue weighted by Gasteiger charge is -2.33. The highest BCUT2D eigenvalue weighted by atomic mass is 16.3. The summed E-state index contributed by atoms with van der Waals surface area (Å²) < 4.78 is 0. The van der Waals surface area contributed by atoms with Crippen LogP contribution >= 0.6 is 0 Å². The Morgan fingerprint density at radius 3 is 2.62 bits per heavy atom. The van der Waals surface area contributed by atoms with Crippen molar-refractivity contribution in [2.45, 2.75) is 64.0 Å². The maximum absolute atomic E-state index is 12.6. The van der Waals surface area contributed by atoms with Gasteiger partial charge in [0.15, 0.2) is 0 Å². The fraction of sp³-hybridized carbons (Fsp3) is 0.684. The SMILES string of the molecule is Cc1ccc(N2CCC(C(=O)N[C@@H]3CCCCC[C@H]3O)CC2)nc1. The van der Waals surface area contributed by atoms with Crippen LogP contribution in [-0.2, 0) is 4.79 Å². The Morgan fingerprint density at radius 1 is 1.17 bits per heavy atom. The predicted molar refractivity (Wildman–Crippen MR) is 94.9 cm³/mol. The van der Waals surface area contributed by atoms with Gasteiger partial charge in [0.05, 0.1) is 12.1 Å². The highest BCUT2D eigenvalue weighted by Gasteiger charge is 2.29. The Morgan fingerprint density at radius 2 is 1.92 bits per heavy atom. The number of piperidine rings is 1. The molecule has 2 aliphatic rings. The van der Waals surface area contributed by atoms with Crippen molar-refractivity contribution in [3.05, 3.63) is 23.9 Å². The lowest BCUT2D eigenvalue weighted by Crippen LogP contribution is -2.47. The Kier molecular flexibility index (Phi) is 5.72. The van der Waals surface area contributed by atoms with Crippen LogP contribution in [0.25, 0.3) is 0 Å². The summed E-state index contributed by atoms with van der Waals surface area (Å²) in [6, 6.07) is 4.07. The molecule has 5 nitrogen and oxygen atoms in total. The van der Waals surface area contributed by atoms with Crippen molar-refractivity contribution in [1.29, 1.82) is 0 Å². The molecule has 0 radical (unpaired) electrons. The van der Waals surface area contributed by atoms with Gasteiger partial charge in [-0.3, -0.25) is 4.79 Å². The first kappa shape index (κ1) is 17.2. The standard InChI is InChI=1S/C19H29N3O2/c1-14-7-8-18(20-13-14)22-11-9-15(10-12-22)19(24)21-16-5-3-2-4-6-17(16)23/h7-8,13,15-17,23H,2-6,9-12H2,1H3,(H,21,24)/t16-,17-/m1/s1. The van der Waals surface area contributed by atoms with Gasteiger partial charge in [-0.15, -0.1) is 0 Å². The van der Waals surface area contributed by atoms with Crippen LogP contribution in [-0.4, -0.2) is 41.2 Å². The number of aryl methyl sites for hydroxylation is 1. The molecule has 1 aliphatic carbocycles. The monoisotopic (exact) mass is 331 g/mol. The minimum atomic E-state index is -0.381. The van der Waals surface area contributed by atoms with Gasteiger partial charge in [-0.1, -0.05) is 25.3 Å². The lowest BCUT2D eigenvalue weighted by atomic mass is 9.94. The third kappa shape index (κ3) is 4.26. The Balaban J connectivity index is 1.50. The van der Waals surface area contributed by atoms with E-state index in [-0.39, 0.29) is 24.0 Å². The molecular formula is C19H29N3O2. The number of amides is 1. The molecule has 1 saturated carbocycles. The topological polar surface area (TPSA) is 65.5 Å². The first-order valence-electron chi connectivity index (χ1n) is 9.29. The number of carbonyl (C=O) groups is 1. The number of aliphatic hydroxyl groups is 1. The van der Waals surface area contributed by atoms with E-state index in [2.05, 4.69) is 27.3 Å². The van der Waals surface area contributed by atoms with Crippen molar-refractivity contribution in [1.82, 2.24) is 10.3 Å². The molecule has 0 bridgehead atoms.